The number of hydrogen-bond acceptors (Lipinski definition) is 3. The molecule has 0 saturated carbocycles. The molecule has 2 aromatic rings. The van der Waals surface area contributed by atoms with E-state index in [0.717, 1.165) is 6.42 Å². The van der Waals surface area contributed by atoms with Crippen molar-refractivity contribution in [1.29, 1.82) is 0 Å². The fourth-order valence-corrected chi connectivity index (χ4v) is 2.97. The number of hydrogen-bond donors (Lipinski definition) is 1. The van der Waals surface area contributed by atoms with Crippen LogP contribution in [0.2, 0.25) is 0 Å². The molecule has 130 valence electrons. The molecule has 0 spiro atoms. The van der Waals surface area contributed by atoms with E-state index in [4.69, 9.17) is 4.74 Å². The normalized spacial score (nSPS) is 16.6. The van der Waals surface area contributed by atoms with E-state index < -0.39 is 11.9 Å². The summed E-state index contributed by atoms with van der Waals surface area (Å²) in [4.78, 5) is 26.8. The number of ether oxygens (including phenoxy) is 1. The number of rotatable bonds is 4. The van der Waals surface area contributed by atoms with Crippen molar-refractivity contribution < 1.29 is 18.7 Å². The van der Waals surface area contributed by atoms with Gasteiger partial charge in [0.25, 0.3) is 5.91 Å². The summed E-state index contributed by atoms with van der Waals surface area (Å²) in [5, 5.41) is 2.83. The first-order valence-electron chi connectivity index (χ1n) is 8.10. The van der Waals surface area contributed by atoms with Gasteiger partial charge in [0.05, 0.1) is 7.11 Å². The highest BCUT2D eigenvalue weighted by Gasteiger charge is 2.34. The third kappa shape index (κ3) is 3.79. The van der Waals surface area contributed by atoms with Gasteiger partial charge in [0.1, 0.15) is 17.6 Å². The summed E-state index contributed by atoms with van der Waals surface area (Å²) in [5.74, 6) is -0.252. The van der Waals surface area contributed by atoms with E-state index >= 15 is 0 Å². The van der Waals surface area contributed by atoms with Gasteiger partial charge in [-0.25, -0.2) is 4.39 Å². The summed E-state index contributed by atoms with van der Waals surface area (Å²) in [5.41, 5.74) is 0.993. The van der Waals surface area contributed by atoms with Crippen molar-refractivity contribution >= 4 is 17.5 Å². The van der Waals surface area contributed by atoms with Crippen LogP contribution in [0, 0.1) is 5.82 Å². The van der Waals surface area contributed by atoms with Gasteiger partial charge < -0.3 is 15.0 Å². The van der Waals surface area contributed by atoms with E-state index in [0.29, 0.717) is 30.0 Å². The predicted molar refractivity (Wildman–Crippen MR) is 92.1 cm³/mol. The Labute approximate surface area is 145 Å². The Morgan fingerprint density at radius 3 is 2.68 bits per heavy atom. The lowest BCUT2D eigenvalue weighted by atomic mass is 10.1. The van der Waals surface area contributed by atoms with Gasteiger partial charge in [-0.05, 0) is 49.2 Å². The van der Waals surface area contributed by atoms with Gasteiger partial charge >= 0.3 is 0 Å². The molecule has 1 atom stereocenters. The van der Waals surface area contributed by atoms with Crippen LogP contribution in [0.3, 0.4) is 0 Å². The summed E-state index contributed by atoms with van der Waals surface area (Å²) in [7, 11) is 1.56. The monoisotopic (exact) mass is 342 g/mol. The molecular formula is C19H19FN2O3. The van der Waals surface area contributed by atoms with E-state index in [1.165, 1.54) is 24.3 Å². The second-order valence-corrected chi connectivity index (χ2v) is 5.88. The number of benzene rings is 2. The highest BCUT2D eigenvalue weighted by Crippen LogP contribution is 2.23. The number of halogens is 1. The van der Waals surface area contributed by atoms with Crippen LogP contribution in [0.15, 0.2) is 48.5 Å². The molecule has 6 heteroatoms. The van der Waals surface area contributed by atoms with Crippen molar-refractivity contribution in [3.63, 3.8) is 0 Å². The zero-order valence-electron chi connectivity index (χ0n) is 13.9. The maximum atomic E-state index is 13.0. The number of amides is 2. The standard InChI is InChI=1S/C19H19FN2O3/c1-25-16-5-2-4-15(12-16)21-18(23)17-6-3-11-22(17)19(24)13-7-9-14(20)10-8-13/h2,4-5,7-10,12,17H,3,6,11H2,1H3,(H,21,23)/t17-/m1/s1. The molecule has 1 saturated heterocycles. The molecule has 2 aromatic carbocycles. The first-order chi connectivity index (χ1) is 12.1. The van der Waals surface area contributed by atoms with E-state index in [2.05, 4.69) is 5.32 Å². The first kappa shape index (κ1) is 17.0. The Bertz CT molecular complexity index is 776. The molecular weight excluding hydrogens is 323 g/mol. The van der Waals surface area contributed by atoms with Crippen molar-refractivity contribution in [3.05, 3.63) is 59.9 Å². The van der Waals surface area contributed by atoms with Crippen LogP contribution < -0.4 is 10.1 Å². The molecule has 1 aliphatic heterocycles. The largest absolute Gasteiger partial charge is 0.497 e. The van der Waals surface area contributed by atoms with Crippen molar-refractivity contribution in [2.75, 3.05) is 19.0 Å². The number of nitrogens with zero attached hydrogens (tertiary/aromatic N) is 1. The Morgan fingerprint density at radius 2 is 1.96 bits per heavy atom. The first-order valence-corrected chi connectivity index (χ1v) is 8.10. The van der Waals surface area contributed by atoms with Crippen LogP contribution in [-0.2, 0) is 4.79 Å². The van der Waals surface area contributed by atoms with Crippen molar-refractivity contribution in [2.24, 2.45) is 0 Å². The lowest BCUT2D eigenvalue weighted by Crippen LogP contribution is -2.43. The van der Waals surface area contributed by atoms with Crippen LogP contribution >= 0.6 is 0 Å². The summed E-state index contributed by atoms with van der Waals surface area (Å²) < 4.78 is 18.2. The third-order valence-corrected chi connectivity index (χ3v) is 4.24. The highest BCUT2D eigenvalue weighted by atomic mass is 19.1. The predicted octanol–water partition coefficient (Wildman–Crippen LogP) is 3.08. The molecule has 25 heavy (non-hydrogen) atoms. The maximum absolute atomic E-state index is 13.0. The maximum Gasteiger partial charge on any atom is 0.254 e. The van der Waals surface area contributed by atoms with E-state index in [1.54, 1.807) is 36.3 Å². The van der Waals surface area contributed by atoms with E-state index in [9.17, 15) is 14.0 Å². The second-order valence-electron chi connectivity index (χ2n) is 5.88. The second kappa shape index (κ2) is 7.34. The Balaban J connectivity index is 1.73. The molecule has 3 rings (SSSR count). The number of nitrogens with one attached hydrogen (secondary N) is 1. The van der Waals surface area contributed by atoms with Gasteiger partial charge in [-0.15, -0.1) is 0 Å². The number of methoxy groups -OCH3 is 1. The van der Waals surface area contributed by atoms with Crippen LogP contribution in [-0.4, -0.2) is 36.4 Å². The quantitative estimate of drug-likeness (QED) is 0.929. The zero-order valence-corrected chi connectivity index (χ0v) is 13.9. The molecule has 0 aromatic heterocycles. The third-order valence-electron chi connectivity index (χ3n) is 4.24. The number of anilines is 1. The Morgan fingerprint density at radius 1 is 1.20 bits per heavy atom. The molecule has 0 bridgehead atoms. The summed E-state index contributed by atoms with van der Waals surface area (Å²) in [6, 6.07) is 11.9. The fourth-order valence-electron chi connectivity index (χ4n) is 2.97. The average Bonchev–Trinajstić information content (AvgIpc) is 3.12. The number of likely N-dealkylation sites (tertiary alicyclic amines) is 1. The zero-order chi connectivity index (χ0) is 17.8. The average molecular weight is 342 g/mol. The van der Waals surface area contributed by atoms with Crippen LogP contribution in [0.4, 0.5) is 10.1 Å². The number of carbonyl (C=O) groups is 2. The smallest absolute Gasteiger partial charge is 0.254 e. The molecule has 1 aliphatic rings. The summed E-state index contributed by atoms with van der Waals surface area (Å²) in [6.45, 7) is 0.506. The summed E-state index contributed by atoms with van der Waals surface area (Å²) in [6.07, 6.45) is 1.35. The van der Waals surface area contributed by atoms with Gasteiger partial charge in [0, 0.05) is 23.9 Å². The van der Waals surface area contributed by atoms with Crippen LogP contribution in [0.1, 0.15) is 23.2 Å². The van der Waals surface area contributed by atoms with Crippen molar-refractivity contribution in [1.82, 2.24) is 4.90 Å². The fraction of sp³-hybridized carbons (Fsp3) is 0.263. The number of carbonyl (C=O) groups excluding carboxylic acids is 2. The van der Waals surface area contributed by atoms with Gasteiger partial charge in [-0.1, -0.05) is 6.07 Å². The Kier molecular flexibility index (Phi) is 4.97. The van der Waals surface area contributed by atoms with Crippen molar-refractivity contribution in [3.8, 4) is 5.75 Å². The van der Waals surface area contributed by atoms with Gasteiger partial charge in [0.2, 0.25) is 5.91 Å². The lowest BCUT2D eigenvalue weighted by Gasteiger charge is -2.24. The molecule has 2 amide bonds. The summed E-state index contributed by atoms with van der Waals surface area (Å²) >= 11 is 0. The Hall–Kier alpha value is -2.89. The minimum atomic E-state index is -0.538. The van der Waals surface area contributed by atoms with Gasteiger partial charge in [0.15, 0.2) is 0 Å². The molecule has 0 radical (unpaired) electrons. The molecule has 1 fully saturated rings. The minimum absolute atomic E-state index is 0.235. The molecule has 0 aliphatic carbocycles. The van der Waals surface area contributed by atoms with Gasteiger partial charge in [-0.3, -0.25) is 9.59 Å². The highest BCUT2D eigenvalue weighted by molar-refractivity contribution is 6.01. The van der Waals surface area contributed by atoms with Crippen molar-refractivity contribution in [2.45, 2.75) is 18.9 Å². The molecule has 1 heterocycles. The minimum Gasteiger partial charge on any atom is -0.497 e. The SMILES string of the molecule is COc1cccc(NC(=O)[C@H]2CCCN2C(=O)c2ccc(F)cc2)c1. The molecule has 0 unspecified atom stereocenters. The van der Waals surface area contributed by atoms with Crippen LogP contribution in [0.5, 0.6) is 5.75 Å². The lowest BCUT2D eigenvalue weighted by molar-refractivity contribution is -0.119. The van der Waals surface area contributed by atoms with E-state index in [-0.39, 0.29) is 11.8 Å². The molecule has 1 N–H and O–H groups in total. The molecule has 5 nitrogen and oxygen atoms in total. The van der Waals surface area contributed by atoms with E-state index in [1.807, 2.05) is 0 Å². The van der Waals surface area contributed by atoms with Gasteiger partial charge in [-0.2, -0.15) is 0 Å². The van der Waals surface area contributed by atoms with Crippen LogP contribution in [0.25, 0.3) is 0 Å². The topological polar surface area (TPSA) is 58.6 Å².